The molecule has 0 aromatic rings. The molecule has 4 nitrogen and oxygen atoms in total. The highest BCUT2D eigenvalue weighted by Crippen LogP contribution is 2.20. The first-order chi connectivity index (χ1) is 6.83. The van der Waals surface area contributed by atoms with Crippen LogP contribution in [0.2, 0.25) is 0 Å². The second kappa shape index (κ2) is 6.11. The third kappa shape index (κ3) is 4.01. The first-order valence-electron chi connectivity index (χ1n) is 4.77. The molecule has 14 heavy (non-hydrogen) atoms. The summed E-state index contributed by atoms with van der Waals surface area (Å²) >= 11 is 0. The molecule has 0 radical (unpaired) electrons. The van der Waals surface area contributed by atoms with Gasteiger partial charge in [0.05, 0.1) is 0 Å². The molecule has 0 atom stereocenters. The van der Waals surface area contributed by atoms with E-state index in [1.165, 1.54) is 12.5 Å². The van der Waals surface area contributed by atoms with Gasteiger partial charge in [0, 0.05) is 12.3 Å². The van der Waals surface area contributed by atoms with Gasteiger partial charge in [-0.05, 0) is 25.7 Å². The number of hydrogen-bond acceptors (Lipinski definition) is 4. The maximum absolute atomic E-state index is 11.1. The minimum absolute atomic E-state index is 0.0427. The number of rotatable bonds is 3. The molecular weight excluding hydrogens is 182 g/mol. The fourth-order valence-electron chi connectivity index (χ4n) is 1.52. The van der Waals surface area contributed by atoms with Gasteiger partial charge in [-0.25, -0.2) is 9.59 Å². The van der Waals surface area contributed by atoms with Crippen LogP contribution in [-0.2, 0) is 14.3 Å². The van der Waals surface area contributed by atoms with Crippen LogP contribution in [0.15, 0.2) is 17.3 Å². The number of carbonyl (C=O) groups excluding carboxylic acids is 2. The number of aliphatic imine (C=N–C) groups is 1. The van der Waals surface area contributed by atoms with E-state index >= 15 is 0 Å². The lowest BCUT2D eigenvalue weighted by Crippen LogP contribution is -2.19. The summed E-state index contributed by atoms with van der Waals surface area (Å²) in [4.78, 5) is 23.9. The summed E-state index contributed by atoms with van der Waals surface area (Å²) in [6, 6.07) is 0. The van der Waals surface area contributed by atoms with Crippen LogP contribution >= 0.6 is 0 Å². The normalized spacial score (nSPS) is 17.7. The number of ether oxygens (including phenoxy) is 1. The van der Waals surface area contributed by atoms with Gasteiger partial charge in [0.1, 0.15) is 6.10 Å². The molecule has 0 N–H and O–H groups in total. The van der Waals surface area contributed by atoms with E-state index in [4.69, 9.17) is 4.74 Å². The SMILES string of the molecule is O=C=NC=CC(=O)OC1CCCCC1. The fourth-order valence-corrected chi connectivity index (χ4v) is 1.52. The molecule has 0 saturated heterocycles. The third-order valence-corrected chi connectivity index (χ3v) is 2.17. The first-order valence-corrected chi connectivity index (χ1v) is 4.77. The molecule has 0 aliphatic heterocycles. The Bertz CT molecular complexity index is 261. The highest BCUT2D eigenvalue weighted by Gasteiger charge is 2.15. The molecular formula is C10H13NO3. The van der Waals surface area contributed by atoms with Gasteiger partial charge in [0.25, 0.3) is 0 Å². The quantitative estimate of drug-likeness (QED) is 0.298. The smallest absolute Gasteiger partial charge is 0.332 e. The van der Waals surface area contributed by atoms with Gasteiger partial charge in [0.2, 0.25) is 6.08 Å². The van der Waals surface area contributed by atoms with E-state index in [0.29, 0.717) is 0 Å². The van der Waals surface area contributed by atoms with Gasteiger partial charge in [-0.2, -0.15) is 4.99 Å². The topological polar surface area (TPSA) is 55.7 Å². The first kappa shape index (κ1) is 10.7. The van der Waals surface area contributed by atoms with Crippen LogP contribution in [-0.4, -0.2) is 18.2 Å². The minimum Gasteiger partial charge on any atom is -0.459 e. The molecule has 0 amide bonds. The largest absolute Gasteiger partial charge is 0.459 e. The molecule has 0 bridgehead atoms. The summed E-state index contributed by atoms with van der Waals surface area (Å²) in [5.74, 6) is -0.434. The van der Waals surface area contributed by atoms with Crippen molar-refractivity contribution in [2.45, 2.75) is 38.2 Å². The summed E-state index contributed by atoms with van der Waals surface area (Å²) in [7, 11) is 0. The van der Waals surface area contributed by atoms with Crippen LogP contribution < -0.4 is 0 Å². The molecule has 4 heteroatoms. The molecule has 76 valence electrons. The van der Waals surface area contributed by atoms with Crippen LogP contribution in [0.25, 0.3) is 0 Å². The monoisotopic (exact) mass is 195 g/mol. The maximum atomic E-state index is 11.1. The van der Waals surface area contributed by atoms with Crippen molar-refractivity contribution in [3.63, 3.8) is 0 Å². The van der Waals surface area contributed by atoms with Gasteiger partial charge < -0.3 is 4.74 Å². The highest BCUT2D eigenvalue weighted by atomic mass is 16.5. The second-order valence-electron chi connectivity index (χ2n) is 3.23. The Labute approximate surface area is 82.7 Å². The number of isocyanates is 1. The Kier molecular flexibility index (Phi) is 4.65. The van der Waals surface area contributed by atoms with Crippen molar-refractivity contribution in [3.05, 3.63) is 12.3 Å². The number of hydrogen-bond donors (Lipinski definition) is 0. The van der Waals surface area contributed by atoms with E-state index in [9.17, 15) is 9.59 Å². The predicted molar refractivity (Wildman–Crippen MR) is 50.2 cm³/mol. The zero-order valence-electron chi connectivity index (χ0n) is 7.94. The van der Waals surface area contributed by atoms with E-state index in [2.05, 4.69) is 4.99 Å². The summed E-state index contributed by atoms with van der Waals surface area (Å²) < 4.78 is 5.12. The molecule has 1 fully saturated rings. The Morgan fingerprint density at radius 3 is 2.71 bits per heavy atom. The molecule has 0 aromatic carbocycles. The van der Waals surface area contributed by atoms with Gasteiger partial charge >= 0.3 is 5.97 Å². The van der Waals surface area contributed by atoms with Crippen molar-refractivity contribution in [3.8, 4) is 0 Å². The van der Waals surface area contributed by atoms with E-state index in [1.807, 2.05) is 0 Å². The third-order valence-electron chi connectivity index (χ3n) is 2.17. The van der Waals surface area contributed by atoms with Crippen molar-refractivity contribution >= 4 is 12.0 Å². The lowest BCUT2D eigenvalue weighted by molar-refractivity contribution is -0.144. The van der Waals surface area contributed by atoms with E-state index in [-0.39, 0.29) is 6.10 Å². The summed E-state index contributed by atoms with van der Waals surface area (Å²) in [5, 5.41) is 0. The molecule has 0 spiro atoms. The van der Waals surface area contributed by atoms with E-state index in [0.717, 1.165) is 38.0 Å². The second-order valence-corrected chi connectivity index (χ2v) is 3.23. The average Bonchev–Trinajstić information content (AvgIpc) is 2.20. The molecule has 0 unspecified atom stereocenters. The van der Waals surface area contributed by atoms with Gasteiger partial charge in [0.15, 0.2) is 0 Å². The Hall–Kier alpha value is -1.41. The van der Waals surface area contributed by atoms with E-state index < -0.39 is 5.97 Å². The number of carbonyl (C=O) groups is 1. The van der Waals surface area contributed by atoms with E-state index in [1.54, 1.807) is 0 Å². The molecule has 0 aromatic heterocycles. The lowest BCUT2D eigenvalue weighted by atomic mass is 9.98. The predicted octanol–water partition coefficient (Wildman–Crippen LogP) is 1.71. The number of esters is 1. The van der Waals surface area contributed by atoms with Crippen molar-refractivity contribution in [1.29, 1.82) is 0 Å². The average molecular weight is 195 g/mol. The zero-order valence-corrected chi connectivity index (χ0v) is 7.94. The molecule has 1 aliphatic rings. The molecule has 0 heterocycles. The van der Waals surface area contributed by atoms with Crippen LogP contribution in [0.3, 0.4) is 0 Å². The molecule has 1 aliphatic carbocycles. The Balaban J connectivity index is 2.28. The van der Waals surface area contributed by atoms with Crippen molar-refractivity contribution < 1.29 is 14.3 Å². The number of nitrogens with zero attached hydrogens (tertiary/aromatic N) is 1. The fraction of sp³-hybridized carbons (Fsp3) is 0.600. The van der Waals surface area contributed by atoms with Crippen LogP contribution in [0.1, 0.15) is 32.1 Å². The summed E-state index contributed by atoms with van der Waals surface area (Å²) in [6.45, 7) is 0. The van der Waals surface area contributed by atoms with Gasteiger partial charge in [-0.3, -0.25) is 0 Å². The zero-order chi connectivity index (χ0) is 10.2. The molecule has 1 saturated carbocycles. The highest BCUT2D eigenvalue weighted by molar-refractivity contribution is 5.82. The molecule has 1 rings (SSSR count). The Morgan fingerprint density at radius 1 is 1.36 bits per heavy atom. The van der Waals surface area contributed by atoms with Crippen molar-refractivity contribution in [1.82, 2.24) is 0 Å². The summed E-state index contributed by atoms with van der Waals surface area (Å²) in [5.41, 5.74) is 0. The standard InChI is InChI=1S/C10H13NO3/c12-8-11-7-6-10(13)14-9-4-2-1-3-5-9/h6-7,9H,1-5H2. The van der Waals surface area contributed by atoms with Crippen LogP contribution in [0.4, 0.5) is 0 Å². The van der Waals surface area contributed by atoms with Crippen LogP contribution in [0.5, 0.6) is 0 Å². The minimum atomic E-state index is -0.434. The van der Waals surface area contributed by atoms with Crippen molar-refractivity contribution in [2.24, 2.45) is 4.99 Å². The lowest BCUT2D eigenvalue weighted by Gasteiger charge is -2.20. The Morgan fingerprint density at radius 2 is 2.07 bits per heavy atom. The van der Waals surface area contributed by atoms with Crippen molar-refractivity contribution in [2.75, 3.05) is 0 Å². The van der Waals surface area contributed by atoms with Gasteiger partial charge in [-0.15, -0.1) is 0 Å². The maximum Gasteiger partial charge on any atom is 0.332 e. The summed E-state index contributed by atoms with van der Waals surface area (Å²) in [6.07, 6.45) is 8.93. The van der Waals surface area contributed by atoms with Gasteiger partial charge in [-0.1, -0.05) is 6.42 Å². The van der Waals surface area contributed by atoms with Crippen LogP contribution in [0, 0.1) is 0 Å².